The first kappa shape index (κ1) is 67.5. The van der Waals surface area contributed by atoms with Gasteiger partial charge in [0.15, 0.2) is 17.4 Å². The molecule has 476 valence electrons. The number of aryl methyl sites for hydroxylation is 1. The summed E-state index contributed by atoms with van der Waals surface area (Å²) in [7, 11) is 0. The third-order valence-corrected chi connectivity index (χ3v) is 16.3. The molecule has 0 spiro atoms. The molecule has 19 nitrogen and oxygen atoms in total. The second kappa shape index (κ2) is 35.1. The molecule has 5 aromatic rings. The Kier molecular flexibility index (Phi) is 27.0. The maximum absolute atomic E-state index is 14.3. The zero-order valence-corrected chi connectivity index (χ0v) is 51.4. The lowest BCUT2D eigenvalue weighted by Crippen LogP contribution is -2.52. The van der Waals surface area contributed by atoms with Crippen molar-refractivity contribution in [1.82, 2.24) is 20.4 Å². The molecular weight excluding hydrogens is 1210 g/mol. The number of hydrogen-bond acceptors (Lipinski definition) is 15. The van der Waals surface area contributed by atoms with Gasteiger partial charge in [-0.15, -0.1) is 11.3 Å². The van der Waals surface area contributed by atoms with E-state index in [1.165, 1.54) is 34.0 Å². The van der Waals surface area contributed by atoms with Crippen molar-refractivity contribution in [3.63, 3.8) is 0 Å². The number of hydrogen-bond donors (Lipinski definition) is 3. The fourth-order valence-electron chi connectivity index (χ4n) is 10.2. The fraction of sp³-hybridized carbons (Fsp3) is 0.476. The van der Waals surface area contributed by atoms with E-state index in [2.05, 4.69) is 21.6 Å². The highest BCUT2D eigenvalue weighted by Crippen LogP contribution is 2.43. The Morgan fingerprint density at radius 3 is 1.90 bits per heavy atom. The lowest BCUT2D eigenvalue weighted by Gasteiger charge is -2.37. The predicted molar refractivity (Wildman–Crippen MR) is 328 cm³/mol. The van der Waals surface area contributed by atoms with Crippen LogP contribution in [0.4, 0.5) is 24.5 Å². The van der Waals surface area contributed by atoms with Gasteiger partial charge in [-0.05, 0) is 84.5 Å². The molecule has 2 fully saturated rings. The highest BCUT2D eigenvalue weighted by atomic mass is 35.5. The van der Waals surface area contributed by atoms with Crippen molar-refractivity contribution < 1.29 is 70.3 Å². The minimum Gasteiger partial charge on any atom is -0.454 e. The third-order valence-electron chi connectivity index (χ3n) is 14.8. The van der Waals surface area contributed by atoms with Crippen molar-refractivity contribution in [3.8, 4) is 11.5 Å². The molecule has 8 rings (SSSR count). The van der Waals surface area contributed by atoms with E-state index >= 15 is 0 Å². The van der Waals surface area contributed by atoms with Crippen LogP contribution in [0.3, 0.4) is 0 Å². The molecule has 1 saturated carbocycles. The number of halogens is 5. The number of para-hydroxylation sites is 2. The summed E-state index contributed by atoms with van der Waals surface area (Å²) in [6.45, 7) is 6.17. The zero-order valence-electron chi connectivity index (χ0n) is 49.0. The van der Waals surface area contributed by atoms with Gasteiger partial charge in [0, 0.05) is 87.8 Å². The molecule has 4 aromatic carbocycles. The number of nitrogens with one attached hydrogen (secondary N) is 2. The molecule has 1 aromatic heterocycles. The van der Waals surface area contributed by atoms with Crippen molar-refractivity contribution in [2.45, 2.75) is 69.5 Å². The van der Waals surface area contributed by atoms with Gasteiger partial charge in [0.25, 0.3) is 5.91 Å². The van der Waals surface area contributed by atoms with Gasteiger partial charge in [-0.1, -0.05) is 65.7 Å². The van der Waals surface area contributed by atoms with Crippen molar-refractivity contribution in [1.29, 1.82) is 0 Å². The van der Waals surface area contributed by atoms with E-state index in [4.69, 9.17) is 62.1 Å². The first-order valence-corrected chi connectivity index (χ1v) is 31.3. The summed E-state index contributed by atoms with van der Waals surface area (Å²) in [5.74, 6) is -4.36. The number of rotatable bonds is 36. The van der Waals surface area contributed by atoms with E-state index in [0.717, 1.165) is 29.5 Å². The molecule has 4 N–H and O–H groups in total. The van der Waals surface area contributed by atoms with Gasteiger partial charge in [0.1, 0.15) is 22.5 Å². The minimum absolute atomic E-state index is 0.135. The molecule has 25 heteroatoms. The molecule has 88 heavy (non-hydrogen) atoms. The van der Waals surface area contributed by atoms with E-state index in [-0.39, 0.29) is 82.5 Å². The summed E-state index contributed by atoms with van der Waals surface area (Å²) >= 11 is 14.6. The Morgan fingerprint density at radius 1 is 0.648 bits per heavy atom. The standard InChI is InChI=1S/C63H76Cl2F3N7O12S/c64-48-40-57(87-56-15-34-88-61(56)63(80)75-21-20-73(47-12-13-47)53-9-4-5-10-54(53)75)49(65)37-44(48)11-14-58(76)70-16-22-81-24-26-83-28-30-85-32-33-86-31-29-84-27-25-82-23-17-71-59(77)42-72-18-6-19-74(55(62(72)79)35-43-7-2-1-3-8-43)60(78)39-46(69)36-45-38-51(67)52(68)41-50(45)66/h1-5,7-10,15,34,37-38,40-41,46-47,55H,6,11-14,16-33,35-36,39,42,69H2,(H,70,76)(H,71,77)/t46-,55?/m1/s1. The third kappa shape index (κ3) is 20.6. The second-order valence-electron chi connectivity index (χ2n) is 21.3. The smallest absolute Gasteiger partial charge is 0.272 e. The molecule has 2 atom stereocenters. The van der Waals surface area contributed by atoms with Crippen LogP contribution in [-0.2, 0) is 66.9 Å². The van der Waals surface area contributed by atoms with Crippen LogP contribution in [0.25, 0.3) is 0 Å². The van der Waals surface area contributed by atoms with Crippen LogP contribution >= 0.6 is 34.5 Å². The average molecular weight is 1280 g/mol. The number of fused-ring (bicyclic) bond motifs is 1. The van der Waals surface area contributed by atoms with Crippen molar-refractivity contribution >= 4 is 75.4 Å². The molecule has 1 aliphatic carbocycles. The minimum atomic E-state index is -1.33. The SMILES string of the molecule is N[C@@H](CC(=O)N1CCCN(CC(=O)NCCOCCOCCOCCOCCOCCOCCNC(=O)CCc2cc(Cl)c(Oc3ccsc3C(=O)N3CCN(C4CC4)c4ccccc43)cc2Cl)C(=O)C1Cc1ccccc1)Cc1cc(F)c(F)cc1F. The summed E-state index contributed by atoms with van der Waals surface area (Å²) in [4.78, 5) is 74.8. The van der Waals surface area contributed by atoms with E-state index < -0.39 is 47.3 Å². The van der Waals surface area contributed by atoms with E-state index in [1.807, 2.05) is 58.8 Å². The molecular formula is C63H76Cl2F3N7O12S. The van der Waals surface area contributed by atoms with Gasteiger partial charge in [0.2, 0.25) is 23.6 Å². The van der Waals surface area contributed by atoms with Crippen LogP contribution in [0.5, 0.6) is 11.5 Å². The molecule has 0 bridgehead atoms. The number of anilines is 2. The molecule has 3 heterocycles. The quantitative estimate of drug-likeness (QED) is 0.0258. The lowest BCUT2D eigenvalue weighted by molar-refractivity contribution is -0.145. The first-order valence-electron chi connectivity index (χ1n) is 29.7. The number of ether oxygens (including phenoxy) is 7. The summed E-state index contributed by atoms with van der Waals surface area (Å²) in [6.07, 6.45) is 2.97. The molecule has 1 unspecified atom stereocenters. The highest BCUT2D eigenvalue weighted by molar-refractivity contribution is 7.12. The maximum atomic E-state index is 14.3. The number of thiophene rings is 1. The monoisotopic (exact) mass is 1280 g/mol. The number of amides is 5. The van der Waals surface area contributed by atoms with Gasteiger partial charge in [-0.25, -0.2) is 13.2 Å². The van der Waals surface area contributed by atoms with Gasteiger partial charge >= 0.3 is 0 Å². The Labute approximate surface area is 524 Å². The summed E-state index contributed by atoms with van der Waals surface area (Å²) in [5, 5.41) is 8.14. The molecule has 2 aliphatic heterocycles. The number of carbonyl (C=O) groups is 5. The summed E-state index contributed by atoms with van der Waals surface area (Å²) in [5.41, 5.74) is 9.50. The van der Waals surface area contributed by atoms with Crippen molar-refractivity contribution in [2.75, 3.05) is 135 Å². The van der Waals surface area contributed by atoms with E-state index in [1.54, 1.807) is 18.2 Å². The Balaban J connectivity index is 0.593. The molecule has 1 saturated heterocycles. The van der Waals surface area contributed by atoms with Gasteiger partial charge in [0.05, 0.1) is 102 Å². The van der Waals surface area contributed by atoms with Crippen LogP contribution in [0.15, 0.2) is 90.3 Å². The number of nitrogens with two attached hydrogens (primary N) is 1. The Morgan fingerprint density at radius 2 is 1.25 bits per heavy atom. The number of nitrogens with zero attached hydrogens (tertiary/aromatic N) is 4. The molecule has 5 amide bonds. The van der Waals surface area contributed by atoms with Gasteiger partial charge < -0.3 is 69.1 Å². The highest BCUT2D eigenvalue weighted by Gasteiger charge is 2.38. The maximum Gasteiger partial charge on any atom is 0.272 e. The van der Waals surface area contributed by atoms with E-state index in [9.17, 15) is 37.1 Å². The van der Waals surface area contributed by atoms with Crippen LogP contribution in [0.1, 0.15) is 58.5 Å². The summed E-state index contributed by atoms with van der Waals surface area (Å²) < 4.78 is 81.2. The van der Waals surface area contributed by atoms with Crippen LogP contribution in [0, 0.1) is 17.5 Å². The number of benzene rings is 4. The van der Waals surface area contributed by atoms with Crippen LogP contribution in [-0.4, -0.2) is 183 Å². The largest absolute Gasteiger partial charge is 0.454 e. The van der Waals surface area contributed by atoms with Crippen LogP contribution < -0.4 is 30.9 Å². The fourth-order valence-corrected chi connectivity index (χ4v) is 11.5. The first-order chi connectivity index (χ1) is 42.7. The second-order valence-corrected chi connectivity index (χ2v) is 23.0. The van der Waals surface area contributed by atoms with E-state index in [0.29, 0.717) is 136 Å². The normalized spacial score (nSPS) is 15.5. The Hall–Kier alpha value is -6.38. The topological polar surface area (TPSA) is 213 Å². The average Bonchev–Trinajstić information content (AvgIpc) is 2.17. The summed E-state index contributed by atoms with van der Waals surface area (Å²) in [6, 6.07) is 22.0. The van der Waals surface area contributed by atoms with Gasteiger partial charge in [-0.2, -0.15) is 0 Å². The number of carbonyl (C=O) groups excluding carboxylic acids is 5. The van der Waals surface area contributed by atoms with Gasteiger partial charge in [-0.3, -0.25) is 24.0 Å². The lowest BCUT2D eigenvalue weighted by atomic mass is 10.00. The van der Waals surface area contributed by atoms with Crippen molar-refractivity contribution in [3.05, 3.63) is 139 Å². The van der Waals surface area contributed by atoms with Crippen LogP contribution in [0.2, 0.25) is 10.0 Å². The molecule has 3 aliphatic rings. The van der Waals surface area contributed by atoms with Crippen molar-refractivity contribution in [2.24, 2.45) is 5.73 Å². The Bertz CT molecular complexity index is 3100. The predicted octanol–water partition coefficient (Wildman–Crippen LogP) is 7.79. The zero-order chi connectivity index (χ0) is 62.2. The molecule has 0 radical (unpaired) electrons.